The second-order valence-corrected chi connectivity index (χ2v) is 9.37. The van der Waals surface area contributed by atoms with E-state index in [0.717, 1.165) is 24.8 Å². The molecule has 0 saturated carbocycles. The van der Waals surface area contributed by atoms with Crippen LogP contribution in [0.1, 0.15) is 41.5 Å². The summed E-state index contributed by atoms with van der Waals surface area (Å²) in [5.41, 5.74) is 7.92. The molecule has 37 heavy (non-hydrogen) atoms. The van der Waals surface area contributed by atoms with Crippen LogP contribution in [0.4, 0.5) is 11.8 Å². The van der Waals surface area contributed by atoms with Gasteiger partial charge in [0.05, 0.1) is 36.4 Å². The summed E-state index contributed by atoms with van der Waals surface area (Å²) in [4.78, 5) is 41.7. The van der Waals surface area contributed by atoms with E-state index in [0.29, 0.717) is 40.8 Å². The average molecular weight is 497 g/mol. The molecule has 3 aromatic rings. The molecule has 0 bridgehead atoms. The Balaban J connectivity index is 1.59. The lowest BCUT2D eigenvalue weighted by atomic mass is 10.1. The molecule has 2 amide bonds. The molecule has 1 unspecified atom stereocenters. The van der Waals surface area contributed by atoms with Crippen molar-refractivity contribution in [2.75, 3.05) is 36.5 Å². The molecule has 2 N–H and O–H groups in total. The maximum absolute atomic E-state index is 14.0. The highest BCUT2D eigenvalue weighted by Gasteiger charge is 2.38. The van der Waals surface area contributed by atoms with Gasteiger partial charge in [0.15, 0.2) is 11.5 Å². The summed E-state index contributed by atoms with van der Waals surface area (Å²) >= 11 is 0. The number of fused-ring (bicyclic) bond motifs is 2. The van der Waals surface area contributed by atoms with Gasteiger partial charge in [-0.05, 0) is 31.9 Å². The van der Waals surface area contributed by atoms with E-state index in [1.165, 1.54) is 4.90 Å². The van der Waals surface area contributed by atoms with Gasteiger partial charge in [0, 0.05) is 31.6 Å². The van der Waals surface area contributed by atoms with Gasteiger partial charge in [-0.2, -0.15) is 10.2 Å². The predicted octanol–water partition coefficient (Wildman–Crippen LogP) is 1.87. The molecule has 10 nitrogen and oxygen atoms in total. The van der Waals surface area contributed by atoms with Gasteiger partial charge in [-0.25, -0.2) is 4.98 Å². The van der Waals surface area contributed by atoms with Crippen molar-refractivity contribution in [1.82, 2.24) is 19.4 Å². The molecule has 0 aliphatic carbocycles. The van der Waals surface area contributed by atoms with Gasteiger partial charge in [-0.3, -0.25) is 19.1 Å². The minimum atomic E-state index is -0.485. The molecule has 4 heterocycles. The Morgan fingerprint density at radius 1 is 1.22 bits per heavy atom. The molecule has 2 aliphatic heterocycles. The van der Waals surface area contributed by atoms with Gasteiger partial charge in [0.25, 0.3) is 5.91 Å². The maximum atomic E-state index is 14.0. The topological polar surface area (TPSA) is 124 Å². The van der Waals surface area contributed by atoms with E-state index in [9.17, 15) is 14.9 Å². The number of hydrogen-bond acceptors (Lipinski definition) is 8. The number of piperidine rings is 1. The third-order valence-electron chi connectivity index (χ3n) is 6.80. The number of imide groups is 1. The van der Waals surface area contributed by atoms with Crippen molar-refractivity contribution in [3.05, 3.63) is 47.3 Å². The summed E-state index contributed by atoms with van der Waals surface area (Å²) in [5.74, 6) is 6.12. The second kappa shape index (κ2) is 9.92. The lowest BCUT2D eigenvalue weighted by Gasteiger charge is -2.32. The highest BCUT2D eigenvalue weighted by Crippen LogP contribution is 2.32. The summed E-state index contributed by atoms with van der Waals surface area (Å²) in [6.45, 7) is 3.24. The van der Waals surface area contributed by atoms with Crippen molar-refractivity contribution in [2.45, 2.75) is 38.9 Å². The number of anilines is 2. The minimum Gasteiger partial charge on any atom is -0.348 e. The van der Waals surface area contributed by atoms with Crippen molar-refractivity contribution in [1.29, 1.82) is 5.26 Å². The molecular weight excluding hydrogens is 468 g/mol. The largest absolute Gasteiger partial charge is 0.348 e. The Labute approximate surface area is 215 Å². The summed E-state index contributed by atoms with van der Waals surface area (Å²) in [6, 6.07) is 11.4. The van der Waals surface area contributed by atoms with Crippen molar-refractivity contribution < 1.29 is 9.59 Å². The molecule has 1 aromatic carbocycles. The Morgan fingerprint density at radius 2 is 2.03 bits per heavy atom. The van der Waals surface area contributed by atoms with Gasteiger partial charge < -0.3 is 15.5 Å². The number of amides is 2. The number of nitriles is 1. The van der Waals surface area contributed by atoms with Gasteiger partial charge in [0.2, 0.25) is 11.9 Å². The van der Waals surface area contributed by atoms with E-state index < -0.39 is 5.91 Å². The fraction of sp³-hybridized carbons (Fsp3) is 0.370. The molecule has 2 aromatic heterocycles. The number of nitrogens with zero attached hydrogens (tertiary/aromatic N) is 7. The molecule has 1 fully saturated rings. The van der Waals surface area contributed by atoms with Gasteiger partial charge >= 0.3 is 0 Å². The summed E-state index contributed by atoms with van der Waals surface area (Å²) in [7, 11) is 1.75. The van der Waals surface area contributed by atoms with Crippen LogP contribution in [0.15, 0.2) is 30.3 Å². The van der Waals surface area contributed by atoms with Gasteiger partial charge in [-0.1, -0.05) is 24.1 Å². The minimum absolute atomic E-state index is 0.0193. The number of benzene rings is 1. The number of rotatable bonds is 4. The molecule has 0 spiro atoms. The van der Waals surface area contributed by atoms with Crippen LogP contribution in [-0.4, -0.2) is 64.0 Å². The van der Waals surface area contributed by atoms with Crippen molar-refractivity contribution in [3.8, 4) is 17.9 Å². The number of carbonyl (C=O) groups excluding carboxylic acids is 2. The lowest BCUT2D eigenvalue weighted by Crippen LogP contribution is -2.44. The third-order valence-corrected chi connectivity index (χ3v) is 6.80. The van der Waals surface area contributed by atoms with Crippen molar-refractivity contribution in [2.24, 2.45) is 5.73 Å². The number of aromatic nitrogens is 3. The first-order valence-corrected chi connectivity index (χ1v) is 12.3. The number of likely N-dealkylation sites (N-methyl/N-ethyl adjacent to an activating group) is 1. The Hall–Kier alpha value is -4.41. The molecule has 1 saturated heterocycles. The number of pyridine rings is 1. The highest BCUT2D eigenvalue weighted by atomic mass is 16.2. The van der Waals surface area contributed by atoms with E-state index in [4.69, 9.17) is 10.7 Å². The van der Waals surface area contributed by atoms with Crippen molar-refractivity contribution in [3.63, 3.8) is 0 Å². The molecule has 10 heteroatoms. The maximum Gasteiger partial charge on any atom is 0.281 e. The Morgan fingerprint density at radius 3 is 2.78 bits per heavy atom. The van der Waals surface area contributed by atoms with E-state index in [-0.39, 0.29) is 31.6 Å². The zero-order valence-corrected chi connectivity index (χ0v) is 20.9. The number of para-hydroxylation sites is 1. The lowest BCUT2D eigenvalue weighted by molar-refractivity contribution is -0.127. The zero-order chi connectivity index (χ0) is 26.1. The summed E-state index contributed by atoms with van der Waals surface area (Å²) in [6.07, 6.45) is 1.86. The Bertz CT molecular complexity index is 1490. The SMILES string of the molecule is CC#CCn1c(N2CCCC(N)C2)nc2c1C(=O)N(Cc1nc3ccccc3cc1C#N)C(=O)CN2C. The smallest absolute Gasteiger partial charge is 0.281 e. The summed E-state index contributed by atoms with van der Waals surface area (Å²) in [5, 5.41) is 10.6. The molecule has 1 atom stereocenters. The Kier molecular flexibility index (Phi) is 6.51. The first kappa shape index (κ1) is 24.3. The first-order valence-electron chi connectivity index (χ1n) is 12.3. The van der Waals surface area contributed by atoms with E-state index in [1.54, 1.807) is 29.5 Å². The third kappa shape index (κ3) is 4.48. The normalized spacial score (nSPS) is 17.8. The summed E-state index contributed by atoms with van der Waals surface area (Å²) < 4.78 is 1.79. The highest BCUT2D eigenvalue weighted by molar-refractivity contribution is 6.10. The van der Waals surface area contributed by atoms with E-state index in [2.05, 4.69) is 27.8 Å². The van der Waals surface area contributed by atoms with Crippen LogP contribution in [0.2, 0.25) is 0 Å². The number of carbonyl (C=O) groups is 2. The zero-order valence-electron chi connectivity index (χ0n) is 20.9. The quantitative estimate of drug-likeness (QED) is 0.429. The number of imidazole rings is 1. The predicted molar refractivity (Wildman–Crippen MR) is 140 cm³/mol. The van der Waals surface area contributed by atoms with Gasteiger partial charge in [0.1, 0.15) is 6.07 Å². The van der Waals surface area contributed by atoms with Crippen molar-refractivity contribution >= 4 is 34.5 Å². The molecule has 0 radical (unpaired) electrons. The van der Waals surface area contributed by atoms with Crippen LogP contribution < -0.4 is 15.5 Å². The standard InChI is InChI=1S/C27H28N8O2/c1-3-4-12-34-24-25(31-27(34)33-11-7-9-20(29)15-33)32(2)17-23(36)35(26(24)37)16-22-19(14-28)13-18-8-5-6-10-21(18)30-22/h5-6,8,10,13,20H,7,9,11-12,15-17,29H2,1-2H3. The van der Waals surface area contributed by atoms with E-state index >= 15 is 0 Å². The van der Waals surface area contributed by atoms with Crippen LogP contribution >= 0.6 is 0 Å². The van der Waals surface area contributed by atoms with Crippen LogP contribution in [0.25, 0.3) is 10.9 Å². The monoisotopic (exact) mass is 496 g/mol. The molecule has 2 aliphatic rings. The fourth-order valence-corrected chi connectivity index (χ4v) is 4.93. The van der Waals surface area contributed by atoms with E-state index in [1.807, 2.05) is 24.3 Å². The van der Waals surface area contributed by atoms with Crippen LogP contribution in [0.3, 0.4) is 0 Å². The van der Waals surface area contributed by atoms with Gasteiger partial charge in [-0.15, -0.1) is 5.92 Å². The van der Waals surface area contributed by atoms with Crippen LogP contribution in [0.5, 0.6) is 0 Å². The van der Waals surface area contributed by atoms with Crippen LogP contribution in [0, 0.1) is 23.2 Å². The molecule has 5 rings (SSSR count). The van der Waals surface area contributed by atoms with Crippen LogP contribution in [-0.2, 0) is 17.9 Å². The number of nitrogens with two attached hydrogens (primary N) is 1. The fourth-order valence-electron chi connectivity index (χ4n) is 4.93. The average Bonchev–Trinajstić information content (AvgIpc) is 3.25. The number of hydrogen-bond donors (Lipinski definition) is 1. The second-order valence-electron chi connectivity index (χ2n) is 9.37. The molecule has 188 valence electrons. The first-order chi connectivity index (χ1) is 17.9. The molecular formula is C27H28N8O2.